The lowest BCUT2D eigenvalue weighted by molar-refractivity contribution is -0.123. The van der Waals surface area contributed by atoms with E-state index < -0.39 is 11.8 Å². The molecule has 1 fully saturated rings. The van der Waals surface area contributed by atoms with Crippen molar-refractivity contribution in [1.82, 2.24) is 4.90 Å². The van der Waals surface area contributed by atoms with E-state index in [9.17, 15) is 14.4 Å². The molecule has 2 aliphatic rings. The lowest BCUT2D eigenvalue weighted by Crippen LogP contribution is -2.35. The quantitative estimate of drug-likeness (QED) is 0.338. The van der Waals surface area contributed by atoms with E-state index in [4.69, 9.17) is 23.8 Å². The number of carbonyl (C=O) groups is 3. The van der Waals surface area contributed by atoms with E-state index in [-0.39, 0.29) is 29.0 Å². The number of halogens is 1. The molecule has 2 heterocycles. The summed E-state index contributed by atoms with van der Waals surface area (Å²) < 4.78 is 0.388. The molecular formula is C27H20ClN3O3S2. The maximum atomic E-state index is 13.6. The number of carbonyl (C=O) groups excluding carboxylic acids is 3. The second-order valence-corrected chi connectivity index (χ2v) is 10.3. The fraction of sp³-hybridized carbons (Fsp3) is 0.111. The average molecular weight is 534 g/mol. The smallest absolute Gasteiger partial charge is 0.267 e. The first kappa shape index (κ1) is 24.2. The molecule has 0 radical (unpaired) electrons. The minimum Gasteiger partial charge on any atom is -0.323 e. The molecule has 6 nitrogen and oxygen atoms in total. The van der Waals surface area contributed by atoms with Gasteiger partial charge in [-0.05, 0) is 30.7 Å². The number of thioether (sulfide) groups is 1. The first-order chi connectivity index (χ1) is 17.4. The van der Waals surface area contributed by atoms with Crippen molar-refractivity contribution < 1.29 is 14.4 Å². The van der Waals surface area contributed by atoms with E-state index >= 15 is 0 Å². The SMILES string of the molecule is CC(c1ccccc1)N1C(=O)/C(=C2/C(=O)N(CC(=O)Nc3ccccc3Cl)c3ccccc32)SC1=S. The molecule has 0 saturated carbocycles. The first-order valence-corrected chi connectivity index (χ1v) is 12.8. The van der Waals surface area contributed by atoms with Gasteiger partial charge in [0.05, 0.1) is 32.9 Å². The van der Waals surface area contributed by atoms with Crippen LogP contribution in [0.1, 0.15) is 24.1 Å². The molecule has 1 unspecified atom stereocenters. The molecule has 0 aromatic heterocycles. The number of benzene rings is 3. The van der Waals surface area contributed by atoms with Crippen molar-refractivity contribution >= 4 is 74.6 Å². The van der Waals surface area contributed by atoms with Crippen molar-refractivity contribution in [1.29, 1.82) is 0 Å². The molecule has 5 rings (SSSR count). The zero-order valence-corrected chi connectivity index (χ0v) is 21.5. The number of para-hydroxylation sites is 2. The van der Waals surface area contributed by atoms with Crippen LogP contribution in [0.25, 0.3) is 5.57 Å². The zero-order valence-electron chi connectivity index (χ0n) is 19.1. The van der Waals surface area contributed by atoms with Crippen LogP contribution in [0.15, 0.2) is 83.8 Å². The highest BCUT2D eigenvalue weighted by atomic mass is 35.5. The zero-order chi connectivity index (χ0) is 25.4. The van der Waals surface area contributed by atoms with E-state index in [1.165, 1.54) is 4.90 Å². The Morgan fingerprint density at radius 2 is 1.64 bits per heavy atom. The topological polar surface area (TPSA) is 69.7 Å². The van der Waals surface area contributed by atoms with Crippen molar-refractivity contribution in [3.8, 4) is 0 Å². The van der Waals surface area contributed by atoms with E-state index in [0.717, 1.165) is 17.3 Å². The molecule has 180 valence electrons. The summed E-state index contributed by atoms with van der Waals surface area (Å²) in [4.78, 5) is 43.2. The Hall–Kier alpha value is -3.46. The summed E-state index contributed by atoms with van der Waals surface area (Å²) in [5.74, 6) is -1.14. The van der Waals surface area contributed by atoms with Crippen LogP contribution in [0.4, 0.5) is 11.4 Å². The molecule has 0 aliphatic carbocycles. The number of nitrogens with one attached hydrogen (secondary N) is 1. The van der Waals surface area contributed by atoms with Crippen molar-refractivity contribution in [3.05, 3.63) is 99.9 Å². The predicted octanol–water partition coefficient (Wildman–Crippen LogP) is 5.66. The van der Waals surface area contributed by atoms with Gasteiger partial charge in [0, 0.05) is 5.56 Å². The lowest BCUT2D eigenvalue weighted by Gasteiger charge is -2.23. The number of hydrogen-bond donors (Lipinski definition) is 1. The Kier molecular flexibility index (Phi) is 6.66. The maximum absolute atomic E-state index is 13.6. The van der Waals surface area contributed by atoms with Crippen LogP contribution in [0.5, 0.6) is 0 Å². The summed E-state index contributed by atoms with van der Waals surface area (Å²) in [6.45, 7) is 1.68. The minimum atomic E-state index is -0.418. The van der Waals surface area contributed by atoms with Crippen molar-refractivity contribution in [2.75, 3.05) is 16.8 Å². The van der Waals surface area contributed by atoms with Crippen LogP contribution in [0, 0.1) is 0 Å². The first-order valence-electron chi connectivity index (χ1n) is 11.2. The molecule has 3 aromatic rings. The number of fused-ring (bicyclic) bond motifs is 1. The van der Waals surface area contributed by atoms with Gasteiger partial charge in [-0.2, -0.15) is 0 Å². The molecule has 0 spiro atoms. The largest absolute Gasteiger partial charge is 0.323 e. The van der Waals surface area contributed by atoms with Gasteiger partial charge in [-0.25, -0.2) is 0 Å². The Labute approximate surface area is 222 Å². The summed E-state index contributed by atoms with van der Waals surface area (Å²) in [7, 11) is 0. The highest BCUT2D eigenvalue weighted by molar-refractivity contribution is 8.26. The third-order valence-corrected chi connectivity index (χ3v) is 7.80. The van der Waals surface area contributed by atoms with E-state index in [0.29, 0.717) is 26.3 Å². The van der Waals surface area contributed by atoms with Gasteiger partial charge in [0.15, 0.2) is 0 Å². The Morgan fingerprint density at radius 3 is 2.39 bits per heavy atom. The molecule has 9 heteroatoms. The van der Waals surface area contributed by atoms with Crippen LogP contribution in [-0.2, 0) is 14.4 Å². The van der Waals surface area contributed by atoms with Gasteiger partial charge in [-0.1, -0.05) is 96.2 Å². The van der Waals surface area contributed by atoms with Gasteiger partial charge in [0.1, 0.15) is 10.9 Å². The van der Waals surface area contributed by atoms with E-state index in [2.05, 4.69) is 5.32 Å². The normalized spacial score (nSPS) is 18.0. The summed E-state index contributed by atoms with van der Waals surface area (Å²) in [6, 6.07) is 23.3. The number of amides is 3. The van der Waals surface area contributed by atoms with Crippen LogP contribution in [0.3, 0.4) is 0 Å². The molecule has 1 N–H and O–H groups in total. The minimum absolute atomic E-state index is 0.231. The van der Waals surface area contributed by atoms with Gasteiger partial charge in [-0.3, -0.25) is 24.2 Å². The molecule has 0 bridgehead atoms. The number of hydrogen-bond acceptors (Lipinski definition) is 5. The monoisotopic (exact) mass is 533 g/mol. The fourth-order valence-electron chi connectivity index (χ4n) is 4.30. The third kappa shape index (κ3) is 4.32. The molecule has 3 aromatic carbocycles. The number of anilines is 2. The maximum Gasteiger partial charge on any atom is 0.267 e. The molecule has 1 atom stereocenters. The Balaban J connectivity index is 1.46. The molecule has 3 amide bonds. The van der Waals surface area contributed by atoms with Gasteiger partial charge in [0.25, 0.3) is 11.8 Å². The highest BCUT2D eigenvalue weighted by Crippen LogP contribution is 2.46. The second-order valence-electron chi connectivity index (χ2n) is 8.27. The highest BCUT2D eigenvalue weighted by Gasteiger charge is 2.43. The van der Waals surface area contributed by atoms with Crippen LogP contribution in [-0.4, -0.2) is 33.5 Å². The fourth-order valence-corrected chi connectivity index (χ4v) is 5.97. The van der Waals surface area contributed by atoms with Crippen molar-refractivity contribution in [3.63, 3.8) is 0 Å². The standard InChI is InChI=1S/C27H20ClN3O3S2/c1-16(17-9-3-2-4-10-17)31-26(34)24(36-27(31)35)23-18-11-5-8-14-21(18)30(25(23)33)15-22(32)29-20-13-7-6-12-19(20)28/h2-14,16H,15H2,1H3,(H,29,32)/b24-23-. The third-order valence-electron chi connectivity index (χ3n) is 6.07. The van der Waals surface area contributed by atoms with Crippen LogP contribution < -0.4 is 10.2 Å². The van der Waals surface area contributed by atoms with Crippen molar-refractivity contribution in [2.45, 2.75) is 13.0 Å². The number of thiocarbonyl (C=S) groups is 1. The second kappa shape index (κ2) is 9.89. The van der Waals surface area contributed by atoms with Gasteiger partial charge in [-0.15, -0.1) is 0 Å². The average Bonchev–Trinajstić information content (AvgIpc) is 3.32. The molecular weight excluding hydrogens is 514 g/mol. The van der Waals surface area contributed by atoms with Crippen LogP contribution >= 0.6 is 35.6 Å². The number of nitrogens with zero attached hydrogens (tertiary/aromatic N) is 2. The van der Waals surface area contributed by atoms with E-state index in [1.54, 1.807) is 53.4 Å². The summed E-state index contributed by atoms with van der Waals surface area (Å²) >= 11 is 12.8. The van der Waals surface area contributed by atoms with E-state index in [1.807, 2.05) is 37.3 Å². The predicted molar refractivity (Wildman–Crippen MR) is 148 cm³/mol. The molecule has 2 aliphatic heterocycles. The Bertz CT molecular complexity index is 1440. The van der Waals surface area contributed by atoms with Gasteiger partial charge in [0.2, 0.25) is 5.91 Å². The van der Waals surface area contributed by atoms with Crippen molar-refractivity contribution in [2.24, 2.45) is 0 Å². The number of rotatable bonds is 5. The van der Waals surface area contributed by atoms with Crippen LogP contribution in [0.2, 0.25) is 5.02 Å². The molecule has 36 heavy (non-hydrogen) atoms. The Morgan fingerprint density at radius 1 is 0.972 bits per heavy atom. The summed E-state index contributed by atoms with van der Waals surface area (Å²) in [6.07, 6.45) is 0. The lowest BCUT2D eigenvalue weighted by atomic mass is 10.1. The van der Waals surface area contributed by atoms with Gasteiger partial charge < -0.3 is 5.32 Å². The van der Waals surface area contributed by atoms with Gasteiger partial charge >= 0.3 is 0 Å². The molecule has 1 saturated heterocycles. The summed E-state index contributed by atoms with van der Waals surface area (Å²) in [5.41, 5.74) is 2.82. The summed E-state index contributed by atoms with van der Waals surface area (Å²) in [5, 5.41) is 3.15.